The Morgan fingerprint density at radius 3 is 1.67 bits per heavy atom. The second-order valence-corrected chi connectivity index (χ2v) is 17.5. The molecule has 0 N–H and O–H groups in total. The lowest BCUT2D eigenvalue weighted by atomic mass is 9.96. The van der Waals surface area contributed by atoms with E-state index in [0.717, 1.165) is 107 Å². The lowest BCUT2D eigenvalue weighted by molar-refractivity contribution is -0.159. The number of hydrogen-bond acceptors (Lipinski definition) is 10. The van der Waals surface area contributed by atoms with E-state index in [4.69, 9.17) is 18.9 Å². The van der Waals surface area contributed by atoms with Gasteiger partial charge in [0.2, 0.25) is 0 Å². The highest BCUT2D eigenvalue weighted by Gasteiger charge is 2.42. The van der Waals surface area contributed by atoms with Crippen molar-refractivity contribution < 1.29 is 38.1 Å². The maximum Gasteiger partial charge on any atom is 0.317 e. The summed E-state index contributed by atoms with van der Waals surface area (Å²) < 4.78 is 23.4. The molecule has 0 saturated carbocycles. The number of ether oxygens (including phenoxy) is 4. The molecule has 326 valence electrons. The topological polar surface area (TPSA) is 112 Å². The molecule has 10 heteroatoms. The zero-order chi connectivity index (χ0) is 42.3. The number of rotatable bonds is 22. The summed E-state index contributed by atoms with van der Waals surface area (Å²) in [6.45, 7) is 2.04. The molecule has 0 aromatic heterocycles. The molecular weight excluding hydrogens is 757 g/mol. The first kappa shape index (κ1) is 45.3. The van der Waals surface area contributed by atoms with Crippen molar-refractivity contribution in [3.8, 4) is 0 Å². The summed E-state index contributed by atoms with van der Waals surface area (Å²) in [5.41, 5.74) is 2.74. The van der Waals surface area contributed by atoms with Crippen LogP contribution in [0.3, 0.4) is 0 Å². The number of carbonyl (C=O) groups excluding carboxylic acids is 4. The molecular formula is C50H68N2O8. The van der Waals surface area contributed by atoms with Crippen molar-refractivity contribution in [2.45, 2.75) is 164 Å². The fraction of sp³-hybridized carbons (Fsp3) is 0.600. The molecule has 6 rings (SSSR count). The normalized spacial score (nSPS) is 25.0. The highest BCUT2D eigenvalue weighted by molar-refractivity contribution is 5.80. The van der Waals surface area contributed by atoms with E-state index in [1.54, 1.807) is 0 Å². The van der Waals surface area contributed by atoms with Crippen molar-refractivity contribution in [2.24, 2.45) is 0 Å². The zero-order valence-corrected chi connectivity index (χ0v) is 36.2. The van der Waals surface area contributed by atoms with Gasteiger partial charge in [0.25, 0.3) is 0 Å². The highest BCUT2D eigenvalue weighted by Crippen LogP contribution is 2.37. The van der Waals surface area contributed by atoms with Gasteiger partial charge in [-0.25, -0.2) is 0 Å². The number of fused-ring (bicyclic) bond motifs is 4. The number of hydrogen-bond donors (Lipinski definition) is 0. The van der Waals surface area contributed by atoms with Crippen LogP contribution in [0.25, 0.3) is 0 Å². The van der Waals surface area contributed by atoms with Crippen molar-refractivity contribution in [3.05, 3.63) is 95.6 Å². The van der Waals surface area contributed by atoms with Crippen LogP contribution in [0.2, 0.25) is 0 Å². The lowest BCUT2D eigenvalue weighted by Gasteiger charge is -2.36. The van der Waals surface area contributed by atoms with E-state index in [-0.39, 0.29) is 62.1 Å². The number of aryl methyl sites for hydroxylation is 1. The van der Waals surface area contributed by atoms with Gasteiger partial charge in [-0.15, -0.1) is 0 Å². The molecule has 60 heavy (non-hydrogen) atoms. The fourth-order valence-electron chi connectivity index (χ4n) is 9.59. The molecule has 0 amide bonds. The maximum atomic E-state index is 13.7. The monoisotopic (exact) mass is 824 g/mol. The van der Waals surface area contributed by atoms with Gasteiger partial charge in [0.1, 0.15) is 37.3 Å². The molecule has 4 bridgehead atoms. The summed E-state index contributed by atoms with van der Waals surface area (Å²) in [5.74, 6) is -2.66. The smallest absolute Gasteiger partial charge is 0.317 e. The number of unbranched alkanes of at least 4 members (excludes halogenated alkanes) is 3. The predicted molar refractivity (Wildman–Crippen MR) is 232 cm³/mol. The number of nitrogens with zero attached hydrogens (tertiary/aromatic N) is 2. The van der Waals surface area contributed by atoms with Crippen LogP contribution in [-0.2, 0) is 44.5 Å². The third kappa shape index (κ3) is 13.1. The van der Waals surface area contributed by atoms with Crippen LogP contribution in [0, 0.1) is 0 Å². The van der Waals surface area contributed by atoms with Crippen LogP contribution >= 0.6 is 0 Å². The molecule has 0 aliphatic carbocycles. The number of carbonyl (C=O) groups is 4. The van der Waals surface area contributed by atoms with Crippen LogP contribution in [0.4, 0.5) is 0 Å². The van der Waals surface area contributed by atoms with Crippen molar-refractivity contribution in [2.75, 3.05) is 27.3 Å². The Morgan fingerprint density at radius 1 is 0.617 bits per heavy atom. The molecule has 2 unspecified atom stereocenters. The summed E-state index contributed by atoms with van der Waals surface area (Å²) in [7, 11) is 4.33. The van der Waals surface area contributed by atoms with Crippen molar-refractivity contribution in [1.82, 2.24) is 9.80 Å². The Morgan fingerprint density at radius 2 is 1.12 bits per heavy atom. The molecule has 4 aliphatic heterocycles. The predicted octanol–water partition coefficient (Wildman–Crippen LogP) is 8.77. The van der Waals surface area contributed by atoms with E-state index in [9.17, 15) is 19.2 Å². The lowest BCUT2D eigenvalue weighted by Crippen LogP contribution is -2.44. The van der Waals surface area contributed by atoms with Gasteiger partial charge >= 0.3 is 23.9 Å². The average Bonchev–Trinajstić information content (AvgIpc) is 3.55. The minimum atomic E-state index is -0.676. The number of allylic oxidation sites excluding steroid dienone is 3. The van der Waals surface area contributed by atoms with Crippen LogP contribution in [-0.4, -0.2) is 97.4 Å². The van der Waals surface area contributed by atoms with Gasteiger partial charge < -0.3 is 28.7 Å². The Labute approximate surface area is 358 Å². The van der Waals surface area contributed by atoms with Crippen molar-refractivity contribution >= 4 is 23.9 Å². The van der Waals surface area contributed by atoms with Crippen LogP contribution in [0.15, 0.2) is 78.9 Å². The van der Waals surface area contributed by atoms with Crippen molar-refractivity contribution in [1.29, 1.82) is 0 Å². The second-order valence-electron chi connectivity index (χ2n) is 17.5. The molecule has 4 fully saturated rings. The molecule has 10 nitrogen and oxygen atoms in total. The highest BCUT2D eigenvalue weighted by atomic mass is 16.6. The molecule has 0 radical (unpaired) electrons. The first-order valence-electron chi connectivity index (χ1n) is 22.8. The minimum absolute atomic E-state index is 0.0333. The van der Waals surface area contributed by atoms with E-state index in [1.807, 2.05) is 72.8 Å². The Kier molecular flexibility index (Phi) is 17.4. The van der Waals surface area contributed by atoms with Gasteiger partial charge in [0, 0.05) is 30.6 Å². The van der Waals surface area contributed by atoms with Crippen LogP contribution < -0.4 is 0 Å². The van der Waals surface area contributed by atoms with E-state index >= 15 is 0 Å². The minimum Gasteiger partial charge on any atom is -0.464 e. The molecule has 2 aromatic carbocycles. The Bertz CT molecular complexity index is 1720. The molecule has 2 aromatic rings. The fourth-order valence-corrected chi connectivity index (χ4v) is 9.59. The first-order chi connectivity index (χ1) is 29.2. The van der Waals surface area contributed by atoms with Gasteiger partial charge in [-0.1, -0.05) is 92.2 Å². The number of piperidine rings is 2. The van der Waals surface area contributed by atoms with Crippen LogP contribution in [0.5, 0.6) is 0 Å². The third-order valence-electron chi connectivity index (χ3n) is 13.3. The Balaban J connectivity index is 0.920. The summed E-state index contributed by atoms with van der Waals surface area (Å²) in [6.07, 6.45) is 22.5. The maximum absolute atomic E-state index is 13.7. The van der Waals surface area contributed by atoms with Gasteiger partial charge in [-0.2, -0.15) is 0 Å². The summed E-state index contributed by atoms with van der Waals surface area (Å²) in [4.78, 5) is 57.2. The second kappa shape index (κ2) is 23.1. The van der Waals surface area contributed by atoms with E-state index in [1.165, 1.54) is 0 Å². The van der Waals surface area contributed by atoms with Gasteiger partial charge in [-0.05, 0) is 121 Å². The molecule has 0 spiro atoms. The molecule has 4 heterocycles. The number of benzene rings is 2. The van der Waals surface area contributed by atoms with Crippen LogP contribution in [0.1, 0.15) is 138 Å². The van der Waals surface area contributed by atoms with E-state index in [2.05, 4.69) is 36.9 Å². The number of esters is 4. The molecule has 4 aliphatic rings. The zero-order valence-electron chi connectivity index (χ0n) is 36.2. The third-order valence-corrected chi connectivity index (χ3v) is 13.3. The van der Waals surface area contributed by atoms with Gasteiger partial charge in [-0.3, -0.25) is 19.2 Å². The van der Waals surface area contributed by atoms with Gasteiger partial charge in [0.05, 0.1) is 6.42 Å². The van der Waals surface area contributed by atoms with Crippen molar-refractivity contribution in [3.63, 3.8) is 0 Å². The standard InChI is InChI=1S/C50H68N2O8/c1-4-5-6-8-15-20-47(53)58-35-46(50(56)60-44-32-41-28-29-42(33-44)52(41)3)38-24-22-36(23-25-38)17-12-9-7-10-16-21-48(54)57-34-45(37-18-13-11-14-19-37)49(55)59-43-30-39-26-27-40(31-43)51(39)2/h6,8,10-11,13-14,16,18-19,22-25,39-46H,4-5,7,9,12,15,17,20-21,26-35H2,1-3H3/b8-6+,16-10+/t39-,40+,41-,42+,43+,44+,45?,46?. The largest absolute Gasteiger partial charge is 0.464 e. The SMILES string of the molecule is CCC/C=C/CCC(=O)OCC(C(=O)O[C@H]1C[C@H]2CC[C@@H](C1)N2C)c1ccc(CCCC/C=C/CC(=O)OCC(C(=O)O[C@H]2C[C@H]3CC[C@@H](C2)N3C)c2ccccc2)cc1. The first-order valence-corrected chi connectivity index (χ1v) is 22.8. The van der Waals surface area contributed by atoms with Gasteiger partial charge in [0.15, 0.2) is 0 Å². The summed E-state index contributed by atoms with van der Waals surface area (Å²) in [6, 6.07) is 19.3. The molecule has 4 saturated heterocycles. The quantitative estimate of drug-likeness (QED) is 0.0495. The summed E-state index contributed by atoms with van der Waals surface area (Å²) in [5, 5.41) is 0. The molecule has 8 atom stereocenters. The summed E-state index contributed by atoms with van der Waals surface area (Å²) >= 11 is 0. The van der Waals surface area contributed by atoms with E-state index < -0.39 is 11.8 Å². The average molecular weight is 825 g/mol. The van der Waals surface area contributed by atoms with E-state index in [0.29, 0.717) is 30.6 Å². The Hall–Kier alpha value is -4.28.